The minimum Gasteiger partial charge on any atom is -0.346 e. The average Bonchev–Trinajstić information content (AvgIpc) is 3.61. The summed E-state index contributed by atoms with van der Waals surface area (Å²) in [5, 5.41) is 1.75. The fourth-order valence-electron chi connectivity index (χ4n) is 4.06. The van der Waals surface area contributed by atoms with Crippen molar-refractivity contribution in [2.45, 2.75) is 50.6 Å². The van der Waals surface area contributed by atoms with E-state index >= 15 is 0 Å². The van der Waals surface area contributed by atoms with Crippen LogP contribution in [0.25, 0.3) is 5.83 Å². The number of hydrogen-bond donors (Lipinski definition) is 1. The highest BCUT2D eigenvalue weighted by molar-refractivity contribution is 6.31. The Morgan fingerprint density at radius 1 is 1.00 bits per heavy atom. The molecule has 1 saturated carbocycles. The summed E-state index contributed by atoms with van der Waals surface area (Å²) in [5.74, 6) is -6.57. The Labute approximate surface area is 226 Å². The molecular weight excluding hydrogens is 584 g/mol. The van der Waals surface area contributed by atoms with E-state index in [-0.39, 0.29) is 35.6 Å². The smallest absolute Gasteiger partial charge is 0.346 e. The molecule has 1 aliphatic carbocycles. The molecule has 2 aromatic carbocycles. The van der Waals surface area contributed by atoms with Crippen molar-refractivity contribution in [1.82, 2.24) is 5.32 Å². The van der Waals surface area contributed by atoms with E-state index in [1.54, 1.807) is 5.32 Å². The first-order valence-corrected chi connectivity index (χ1v) is 11.9. The maximum atomic E-state index is 15.0. The van der Waals surface area contributed by atoms with E-state index in [0.29, 0.717) is 12.1 Å². The number of alkyl halides is 9. The molecule has 1 fully saturated rings. The number of allylic oxidation sites excluding steroid dienone is 1. The Morgan fingerprint density at radius 2 is 1.62 bits per heavy atom. The average molecular weight is 604 g/mol. The van der Waals surface area contributed by atoms with Crippen LogP contribution in [0.3, 0.4) is 0 Å². The SMILES string of the molecule is Cc1cc(C(/C=C(\F)c2ccc(C(=O)CC3(C(=O)NCC(F)(F)F)CC3)c(C(F)(F)F)c2)C(F)(F)F)ccc1Cl. The highest BCUT2D eigenvalue weighted by Crippen LogP contribution is 2.50. The van der Waals surface area contributed by atoms with Gasteiger partial charge in [0.2, 0.25) is 5.91 Å². The van der Waals surface area contributed by atoms with E-state index < -0.39 is 82.6 Å². The Morgan fingerprint density at radius 3 is 2.12 bits per heavy atom. The standard InChI is InChI=1S/C26H20ClF10NO2/c1-13-8-14(3-5-19(13)27)17(25(32,33)34)10-20(28)15-2-4-16(18(9-15)26(35,36)37)21(39)11-23(6-7-23)22(40)38-12-24(29,30)31/h2-5,8-10,17H,6-7,11-12H2,1H3,(H,38,40)/b20-10-. The Kier molecular flexibility index (Phi) is 8.69. The lowest BCUT2D eigenvalue weighted by molar-refractivity contribution is -0.141. The molecule has 1 N–H and O–H groups in total. The maximum absolute atomic E-state index is 15.0. The molecule has 0 aromatic heterocycles. The quantitative estimate of drug-likeness (QED) is 0.243. The lowest BCUT2D eigenvalue weighted by Crippen LogP contribution is -2.39. The second kappa shape index (κ2) is 11.1. The lowest BCUT2D eigenvalue weighted by Gasteiger charge is -2.19. The number of Topliss-reactive ketones (excluding diaryl/α,β-unsaturated/α-hetero) is 1. The number of rotatable bonds is 8. The molecular formula is C26H20ClF10NO2. The number of carbonyl (C=O) groups is 2. The van der Waals surface area contributed by atoms with E-state index in [4.69, 9.17) is 11.6 Å². The van der Waals surface area contributed by atoms with Gasteiger partial charge in [0.1, 0.15) is 18.3 Å². The summed E-state index contributed by atoms with van der Waals surface area (Å²) in [5.41, 5.74) is -5.34. The van der Waals surface area contributed by atoms with E-state index in [2.05, 4.69) is 0 Å². The molecule has 1 unspecified atom stereocenters. The van der Waals surface area contributed by atoms with E-state index in [0.717, 1.165) is 18.2 Å². The monoisotopic (exact) mass is 603 g/mol. The first kappa shape index (κ1) is 31.4. The molecule has 40 heavy (non-hydrogen) atoms. The van der Waals surface area contributed by atoms with Crippen LogP contribution >= 0.6 is 11.6 Å². The van der Waals surface area contributed by atoms with Crippen LogP contribution in [0, 0.1) is 12.3 Å². The highest BCUT2D eigenvalue weighted by Gasteiger charge is 2.52. The Bertz CT molecular complexity index is 1320. The van der Waals surface area contributed by atoms with Gasteiger partial charge in [-0.25, -0.2) is 4.39 Å². The largest absolute Gasteiger partial charge is 0.417 e. The fraction of sp³-hybridized carbons (Fsp3) is 0.385. The summed E-state index contributed by atoms with van der Waals surface area (Å²) in [6, 6.07) is 4.63. The van der Waals surface area contributed by atoms with Crippen LogP contribution in [0.4, 0.5) is 43.9 Å². The fourth-order valence-corrected chi connectivity index (χ4v) is 4.18. The van der Waals surface area contributed by atoms with Crippen LogP contribution < -0.4 is 5.32 Å². The predicted molar refractivity (Wildman–Crippen MR) is 125 cm³/mol. The molecule has 0 radical (unpaired) electrons. The number of benzene rings is 2. The van der Waals surface area contributed by atoms with Crippen molar-refractivity contribution in [3.8, 4) is 0 Å². The second-order valence-corrected chi connectivity index (χ2v) is 9.89. The molecule has 1 amide bonds. The normalized spacial score (nSPS) is 16.4. The number of amides is 1. The first-order valence-electron chi connectivity index (χ1n) is 11.5. The highest BCUT2D eigenvalue weighted by atomic mass is 35.5. The van der Waals surface area contributed by atoms with Gasteiger partial charge in [0, 0.05) is 22.6 Å². The van der Waals surface area contributed by atoms with Crippen LogP contribution in [0.5, 0.6) is 0 Å². The first-order chi connectivity index (χ1) is 18.2. The summed E-state index contributed by atoms with van der Waals surface area (Å²) in [7, 11) is 0. The number of aryl methyl sites for hydroxylation is 1. The molecule has 0 saturated heterocycles. The van der Waals surface area contributed by atoms with Gasteiger partial charge >= 0.3 is 18.5 Å². The van der Waals surface area contributed by atoms with Crippen molar-refractivity contribution in [3.63, 3.8) is 0 Å². The molecule has 0 spiro atoms. The Hall–Kier alpha value is -3.09. The topological polar surface area (TPSA) is 46.2 Å². The van der Waals surface area contributed by atoms with E-state index in [1.807, 2.05) is 0 Å². The van der Waals surface area contributed by atoms with Crippen LogP contribution in [0.15, 0.2) is 42.5 Å². The minimum absolute atomic E-state index is 0.0395. The summed E-state index contributed by atoms with van der Waals surface area (Å²) in [6.07, 6.45) is -15.8. The Balaban J connectivity index is 1.94. The molecule has 218 valence electrons. The van der Waals surface area contributed by atoms with Crippen LogP contribution in [0.1, 0.15) is 57.8 Å². The van der Waals surface area contributed by atoms with Crippen molar-refractivity contribution in [3.05, 3.63) is 75.3 Å². The van der Waals surface area contributed by atoms with Crippen LogP contribution in [0.2, 0.25) is 5.02 Å². The van der Waals surface area contributed by atoms with Gasteiger partial charge in [0.05, 0.1) is 11.0 Å². The van der Waals surface area contributed by atoms with Gasteiger partial charge in [-0.3, -0.25) is 9.59 Å². The van der Waals surface area contributed by atoms with Crippen molar-refractivity contribution in [2.75, 3.05) is 6.54 Å². The summed E-state index contributed by atoms with van der Waals surface area (Å²) < 4.78 is 135. The maximum Gasteiger partial charge on any atom is 0.417 e. The van der Waals surface area contributed by atoms with Gasteiger partial charge in [-0.2, -0.15) is 39.5 Å². The molecule has 0 heterocycles. The van der Waals surface area contributed by atoms with Crippen molar-refractivity contribution in [2.24, 2.45) is 5.41 Å². The van der Waals surface area contributed by atoms with Crippen molar-refractivity contribution >= 4 is 29.1 Å². The van der Waals surface area contributed by atoms with Crippen molar-refractivity contribution in [1.29, 1.82) is 0 Å². The summed E-state index contributed by atoms with van der Waals surface area (Å²) in [4.78, 5) is 24.9. The summed E-state index contributed by atoms with van der Waals surface area (Å²) in [6.45, 7) is -0.277. The lowest BCUT2D eigenvalue weighted by atomic mass is 9.90. The van der Waals surface area contributed by atoms with Crippen molar-refractivity contribution < 1.29 is 53.5 Å². The van der Waals surface area contributed by atoms with E-state index in [9.17, 15) is 53.5 Å². The van der Waals surface area contributed by atoms with Gasteiger partial charge in [0.25, 0.3) is 0 Å². The molecule has 1 atom stereocenters. The van der Waals surface area contributed by atoms with Gasteiger partial charge in [0.15, 0.2) is 5.78 Å². The van der Waals surface area contributed by atoms with Crippen LogP contribution in [-0.4, -0.2) is 30.6 Å². The third-order valence-corrected chi connectivity index (χ3v) is 6.82. The van der Waals surface area contributed by atoms with E-state index in [1.165, 1.54) is 6.92 Å². The number of nitrogens with one attached hydrogen (secondary N) is 1. The zero-order valence-corrected chi connectivity index (χ0v) is 21.2. The van der Waals surface area contributed by atoms with Gasteiger partial charge in [-0.1, -0.05) is 35.9 Å². The zero-order valence-electron chi connectivity index (χ0n) is 20.4. The number of ketones is 1. The van der Waals surface area contributed by atoms with Crippen LogP contribution in [-0.2, 0) is 11.0 Å². The third kappa shape index (κ3) is 7.55. The third-order valence-electron chi connectivity index (χ3n) is 6.39. The molecule has 0 aliphatic heterocycles. The number of halogens is 11. The second-order valence-electron chi connectivity index (χ2n) is 9.48. The molecule has 3 nitrogen and oxygen atoms in total. The summed E-state index contributed by atoms with van der Waals surface area (Å²) >= 11 is 5.82. The molecule has 2 aromatic rings. The molecule has 3 rings (SSSR count). The number of carbonyl (C=O) groups excluding carboxylic acids is 2. The molecule has 14 heteroatoms. The molecule has 1 aliphatic rings. The zero-order chi connectivity index (χ0) is 30.3. The predicted octanol–water partition coefficient (Wildman–Crippen LogP) is 8.36. The van der Waals surface area contributed by atoms with Gasteiger partial charge < -0.3 is 5.32 Å². The minimum atomic E-state index is -5.26. The van der Waals surface area contributed by atoms with Gasteiger partial charge in [-0.15, -0.1) is 0 Å². The van der Waals surface area contributed by atoms with Gasteiger partial charge in [-0.05, 0) is 49.1 Å². The molecule has 0 bridgehead atoms. The number of hydrogen-bond acceptors (Lipinski definition) is 2.